The van der Waals surface area contributed by atoms with E-state index in [1.165, 1.54) is 6.08 Å². The Morgan fingerprint density at radius 3 is 2.82 bits per heavy atom. The third kappa shape index (κ3) is 2.46. The van der Waals surface area contributed by atoms with Crippen molar-refractivity contribution in [3.63, 3.8) is 0 Å². The molecule has 0 atom stereocenters. The fourth-order valence-corrected chi connectivity index (χ4v) is 1.91. The molecule has 9 nitrogen and oxygen atoms in total. The molecule has 0 spiro atoms. The molecule has 112 valence electrons. The summed E-state index contributed by atoms with van der Waals surface area (Å²) in [6, 6.07) is 5.21. The van der Waals surface area contributed by atoms with Gasteiger partial charge in [0.2, 0.25) is 6.79 Å². The first-order chi connectivity index (χ1) is 10.5. The van der Waals surface area contributed by atoms with Gasteiger partial charge in [0.05, 0.1) is 4.92 Å². The highest BCUT2D eigenvalue weighted by Crippen LogP contribution is 2.32. The quantitative estimate of drug-likeness (QED) is 0.645. The van der Waals surface area contributed by atoms with Crippen LogP contribution in [-0.4, -0.2) is 26.8 Å². The van der Waals surface area contributed by atoms with Crippen LogP contribution in [0.5, 0.6) is 17.4 Å². The fourth-order valence-electron chi connectivity index (χ4n) is 1.91. The maximum absolute atomic E-state index is 11.5. The van der Waals surface area contributed by atoms with E-state index in [2.05, 4.69) is 9.97 Å². The topological polar surface area (TPSA) is 128 Å². The standard InChI is InChI=1S/C13H9N3O6/c17-12-11(16(19)20)13(18)15-10(14-12)4-2-7-1-3-8-9(5-7)22-6-21-8/h1-5H,6H2,(H2,14,15,17,18)/b4-2-. The number of nitro groups is 1. The molecule has 2 heterocycles. The van der Waals surface area contributed by atoms with Crippen molar-refractivity contribution in [1.29, 1.82) is 0 Å². The highest BCUT2D eigenvalue weighted by molar-refractivity contribution is 5.69. The van der Waals surface area contributed by atoms with E-state index in [0.29, 0.717) is 11.5 Å². The van der Waals surface area contributed by atoms with Gasteiger partial charge >= 0.3 is 11.2 Å². The number of aromatic hydroxyl groups is 1. The lowest BCUT2D eigenvalue weighted by atomic mass is 10.2. The first kappa shape index (κ1) is 13.6. The number of H-pyrrole nitrogens is 1. The van der Waals surface area contributed by atoms with Crippen LogP contribution in [-0.2, 0) is 0 Å². The second kappa shape index (κ2) is 5.20. The van der Waals surface area contributed by atoms with E-state index in [1.54, 1.807) is 24.3 Å². The summed E-state index contributed by atoms with van der Waals surface area (Å²) in [5.74, 6) is 0.289. The number of benzene rings is 1. The van der Waals surface area contributed by atoms with Crippen molar-refractivity contribution >= 4 is 17.8 Å². The number of nitrogens with one attached hydrogen (secondary N) is 1. The number of nitrogens with zero attached hydrogens (tertiary/aromatic N) is 2. The summed E-state index contributed by atoms with van der Waals surface area (Å²) >= 11 is 0. The Bertz CT molecular complexity index is 842. The Kier molecular flexibility index (Phi) is 3.22. The molecule has 1 aliphatic rings. The van der Waals surface area contributed by atoms with Gasteiger partial charge in [-0.1, -0.05) is 12.1 Å². The number of hydrogen-bond donors (Lipinski definition) is 2. The van der Waals surface area contributed by atoms with Crippen LogP contribution >= 0.6 is 0 Å². The third-order valence-electron chi connectivity index (χ3n) is 2.91. The molecule has 0 radical (unpaired) electrons. The normalized spacial score (nSPS) is 12.7. The second-order valence-electron chi connectivity index (χ2n) is 4.33. The van der Waals surface area contributed by atoms with Gasteiger partial charge < -0.3 is 19.6 Å². The zero-order valence-electron chi connectivity index (χ0n) is 11.0. The molecule has 1 aromatic heterocycles. The molecule has 2 N–H and O–H groups in total. The third-order valence-corrected chi connectivity index (χ3v) is 2.91. The van der Waals surface area contributed by atoms with Crippen LogP contribution in [0.15, 0.2) is 23.0 Å². The molecule has 1 aromatic carbocycles. The summed E-state index contributed by atoms with van der Waals surface area (Å²) in [6.45, 7) is 0.160. The fraction of sp³-hybridized carbons (Fsp3) is 0.0769. The van der Waals surface area contributed by atoms with Crippen molar-refractivity contribution in [2.24, 2.45) is 0 Å². The Morgan fingerprint density at radius 2 is 2.09 bits per heavy atom. The van der Waals surface area contributed by atoms with Crippen molar-refractivity contribution in [2.75, 3.05) is 6.79 Å². The van der Waals surface area contributed by atoms with Crippen LogP contribution < -0.4 is 15.0 Å². The van der Waals surface area contributed by atoms with Crippen LogP contribution in [0.1, 0.15) is 11.4 Å². The summed E-state index contributed by atoms with van der Waals surface area (Å²) in [5.41, 5.74) is -1.27. The first-order valence-electron chi connectivity index (χ1n) is 6.10. The predicted molar refractivity (Wildman–Crippen MR) is 74.7 cm³/mol. The Labute approximate surface area is 122 Å². The molecule has 0 amide bonds. The SMILES string of the molecule is O=c1[nH]c(/C=C\c2ccc3c(c2)OCO3)nc(O)c1[N+](=O)[O-]. The van der Waals surface area contributed by atoms with E-state index >= 15 is 0 Å². The average molecular weight is 303 g/mol. The van der Waals surface area contributed by atoms with Gasteiger partial charge in [0.25, 0.3) is 5.88 Å². The van der Waals surface area contributed by atoms with Gasteiger partial charge in [-0.3, -0.25) is 14.9 Å². The van der Waals surface area contributed by atoms with Gasteiger partial charge in [0.1, 0.15) is 5.82 Å². The molecule has 22 heavy (non-hydrogen) atoms. The largest absolute Gasteiger partial charge is 0.488 e. The van der Waals surface area contributed by atoms with Gasteiger partial charge in [-0.05, 0) is 23.8 Å². The minimum atomic E-state index is -1.03. The molecule has 0 unspecified atom stereocenters. The molecule has 9 heteroatoms. The summed E-state index contributed by atoms with van der Waals surface area (Å²) in [7, 11) is 0. The van der Waals surface area contributed by atoms with Gasteiger partial charge in [0, 0.05) is 0 Å². The minimum absolute atomic E-state index is 0.00855. The second-order valence-corrected chi connectivity index (χ2v) is 4.33. The van der Waals surface area contributed by atoms with Crippen LogP contribution in [0.3, 0.4) is 0 Å². The lowest BCUT2D eigenvalue weighted by molar-refractivity contribution is -0.387. The molecular formula is C13H9N3O6. The van der Waals surface area contributed by atoms with Gasteiger partial charge in [0.15, 0.2) is 11.5 Å². The summed E-state index contributed by atoms with van der Waals surface area (Å²) in [5, 5.41) is 20.0. The van der Waals surface area contributed by atoms with Gasteiger partial charge in [-0.15, -0.1) is 0 Å². The minimum Gasteiger partial charge on any atom is -0.488 e. The van der Waals surface area contributed by atoms with Crippen LogP contribution in [0.2, 0.25) is 0 Å². The van der Waals surface area contributed by atoms with E-state index in [0.717, 1.165) is 5.56 Å². The smallest absolute Gasteiger partial charge is 0.395 e. The van der Waals surface area contributed by atoms with Crippen LogP contribution in [0, 0.1) is 10.1 Å². The Hall–Kier alpha value is -3.36. The summed E-state index contributed by atoms with van der Waals surface area (Å²) in [6.07, 6.45) is 3.01. The van der Waals surface area contributed by atoms with Crippen molar-refractivity contribution in [2.45, 2.75) is 0 Å². The summed E-state index contributed by atoms with van der Waals surface area (Å²) in [4.78, 5) is 26.9. The monoisotopic (exact) mass is 303 g/mol. The van der Waals surface area contributed by atoms with E-state index < -0.39 is 22.0 Å². The number of ether oxygens (including phenoxy) is 2. The van der Waals surface area contributed by atoms with Crippen LogP contribution in [0.4, 0.5) is 5.69 Å². The highest BCUT2D eigenvalue weighted by Gasteiger charge is 2.21. The highest BCUT2D eigenvalue weighted by atomic mass is 16.7. The molecule has 0 fully saturated rings. The molecule has 0 saturated heterocycles. The summed E-state index contributed by atoms with van der Waals surface area (Å²) < 4.78 is 10.4. The van der Waals surface area contributed by atoms with Crippen molar-refractivity contribution in [3.8, 4) is 17.4 Å². The molecule has 3 rings (SSSR count). The van der Waals surface area contributed by atoms with Crippen molar-refractivity contribution in [3.05, 3.63) is 50.1 Å². The van der Waals surface area contributed by atoms with E-state index in [-0.39, 0.29) is 12.6 Å². The van der Waals surface area contributed by atoms with Crippen molar-refractivity contribution in [1.82, 2.24) is 9.97 Å². The Morgan fingerprint density at radius 1 is 1.32 bits per heavy atom. The molecule has 0 aliphatic carbocycles. The Balaban J connectivity index is 1.90. The zero-order chi connectivity index (χ0) is 15.7. The van der Waals surface area contributed by atoms with E-state index in [9.17, 15) is 20.0 Å². The predicted octanol–water partition coefficient (Wildman–Crippen LogP) is 1.28. The molecule has 0 bridgehead atoms. The van der Waals surface area contributed by atoms with Crippen LogP contribution in [0.25, 0.3) is 12.2 Å². The van der Waals surface area contributed by atoms with E-state index in [1.807, 2.05) is 0 Å². The lowest BCUT2D eigenvalue weighted by Gasteiger charge is -1.98. The maximum Gasteiger partial charge on any atom is 0.395 e. The van der Waals surface area contributed by atoms with Crippen molar-refractivity contribution < 1.29 is 19.5 Å². The average Bonchev–Trinajstić information content (AvgIpc) is 2.91. The number of aromatic nitrogens is 2. The lowest BCUT2D eigenvalue weighted by Crippen LogP contribution is -2.14. The molecule has 1 aliphatic heterocycles. The van der Waals surface area contributed by atoms with E-state index in [4.69, 9.17) is 9.47 Å². The van der Waals surface area contributed by atoms with Gasteiger partial charge in [-0.2, -0.15) is 4.98 Å². The maximum atomic E-state index is 11.5. The molecular weight excluding hydrogens is 294 g/mol. The number of aromatic amines is 1. The number of rotatable bonds is 3. The first-order valence-corrected chi connectivity index (χ1v) is 6.10. The van der Waals surface area contributed by atoms with Gasteiger partial charge in [-0.25, -0.2) is 0 Å². The zero-order valence-corrected chi connectivity index (χ0v) is 11.0. The molecule has 2 aromatic rings. The number of hydrogen-bond acceptors (Lipinski definition) is 7. The molecule has 0 saturated carbocycles. The number of fused-ring (bicyclic) bond motifs is 1.